The molecule has 2 rings (SSSR count). The van der Waals surface area contributed by atoms with Gasteiger partial charge in [0, 0.05) is 23.2 Å². The molecule has 21 heavy (non-hydrogen) atoms. The highest BCUT2D eigenvalue weighted by Gasteiger charge is 2.20. The SMILES string of the molecule is CCc1cnc(C(C)Nc2cc(F)c(Br)cc2[N+](=O)[O-])s1. The first-order chi connectivity index (χ1) is 9.92. The predicted molar refractivity (Wildman–Crippen MR) is 84.3 cm³/mol. The summed E-state index contributed by atoms with van der Waals surface area (Å²) in [6, 6.07) is 2.03. The molecule has 0 aliphatic carbocycles. The van der Waals surface area contributed by atoms with E-state index in [9.17, 15) is 14.5 Å². The van der Waals surface area contributed by atoms with Crippen molar-refractivity contribution in [2.45, 2.75) is 26.3 Å². The molecule has 0 aliphatic heterocycles. The molecule has 2 aromatic rings. The maximum atomic E-state index is 13.6. The summed E-state index contributed by atoms with van der Waals surface area (Å²) in [6.07, 6.45) is 2.67. The largest absolute Gasteiger partial charge is 0.370 e. The Hall–Kier alpha value is -1.54. The van der Waals surface area contributed by atoms with Crippen LogP contribution < -0.4 is 5.32 Å². The van der Waals surface area contributed by atoms with E-state index in [1.54, 1.807) is 6.20 Å². The van der Waals surface area contributed by atoms with E-state index < -0.39 is 10.7 Å². The van der Waals surface area contributed by atoms with Crippen LogP contribution in [-0.4, -0.2) is 9.91 Å². The van der Waals surface area contributed by atoms with Gasteiger partial charge in [0.25, 0.3) is 5.69 Å². The number of hydrogen-bond donors (Lipinski definition) is 1. The molecule has 1 aromatic heterocycles. The molecule has 0 radical (unpaired) electrons. The Morgan fingerprint density at radius 2 is 2.29 bits per heavy atom. The second-order valence-electron chi connectivity index (χ2n) is 4.42. The van der Waals surface area contributed by atoms with Gasteiger partial charge < -0.3 is 5.32 Å². The van der Waals surface area contributed by atoms with Crippen LogP contribution in [0.1, 0.15) is 29.8 Å². The molecule has 8 heteroatoms. The van der Waals surface area contributed by atoms with Crippen LogP contribution in [0.15, 0.2) is 22.8 Å². The van der Waals surface area contributed by atoms with Crippen molar-refractivity contribution in [3.8, 4) is 0 Å². The zero-order valence-electron chi connectivity index (χ0n) is 11.4. The number of nitro groups is 1. The number of nitro benzene ring substituents is 1. The summed E-state index contributed by atoms with van der Waals surface area (Å²) in [7, 11) is 0. The Labute approximate surface area is 133 Å². The standard InChI is InChI=1S/C13H13BrFN3O2S/c1-3-8-6-16-13(21-8)7(2)17-11-5-10(15)9(14)4-12(11)18(19)20/h4-7,17H,3H2,1-2H3. The third-order valence-electron chi connectivity index (χ3n) is 2.90. The van der Waals surface area contributed by atoms with Crippen LogP contribution in [0.2, 0.25) is 0 Å². The Kier molecular flexibility index (Phi) is 4.89. The first-order valence-electron chi connectivity index (χ1n) is 6.27. The van der Waals surface area contributed by atoms with Crippen LogP contribution >= 0.6 is 27.3 Å². The van der Waals surface area contributed by atoms with Crippen molar-refractivity contribution >= 4 is 38.6 Å². The third-order valence-corrected chi connectivity index (χ3v) is 4.83. The molecule has 0 spiro atoms. The lowest BCUT2D eigenvalue weighted by atomic mass is 10.2. The number of rotatable bonds is 5. The van der Waals surface area contributed by atoms with Crippen LogP contribution in [0.25, 0.3) is 0 Å². The molecule has 1 N–H and O–H groups in total. The van der Waals surface area contributed by atoms with Crippen LogP contribution in [-0.2, 0) is 6.42 Å². The van der Waals surface area contributed by atoms with Crippen molar-refractivity contribution in [2.75, 3.05) is 5.32 Å². The minimum atomic E-state index is -0.552. The van der Waals surface area contributed by atoms with Crippen molar-refractivity contribution < 1.29 is 9.31 Å². The highest BCUT2D eigenvalue weighted by molar-refractivity contribution is 9.10. The normalized spacial score (nSPS) is 12.2. The second-order valence-corrected chi connectivity index (χ2v) is 6.43. The molecule has 112 valence electrons. The molecular formula is C13H13BrFN3O2S. The molecule has 0 saturated heterocycles. The lowest BCUT2D eigenvalue weighted by molar-refractivity contribution is -0.384. The molecule has 1 unspecified atom stereocenters. The summed E-state index contributed by atoms with van der Waals surface area (Å²) in [6.45, 7) is 3.87. The second kappa shape index (κ2) is 6.48. The van der Waals surface area contributed by atoms with Gasteiger partial charge in [-0.1, -0.05) is 6.92 Å². The molecular weight excluding hydrogens is 361 g/mol. The average molecular weight is 374 g/mol. The highest BCUT2D eigenvalue weighted by Crippen LogP contribution is 2.33. The topological polar surface area (TPSA) is 68.1 Å². The number of aryl methyl sites for hydroxylation is 1. The predicted octanol–water partition coefficient (Wildman–Crippen LogP) is 4.69. The monoisotopic (exact) mass is 373 g/mol. The Bertz CT molecular complexity index is 677. The van der Waals surface area contributed by atoms with E-state index in [-0.39, 0.29) is 21.9 Å². The maximum absolute atomic E-state index is 13.6. The minimum absolute atomic E-state index is 0.0647. The Morgan fingerprint density at radius 1 is 1.57 bits per heavy atom. The van der Waals surface area contributed by atoms with Crippen molar-refractivity contribution in [1.29, 1.82) is 0 Å². The quantitative estimate of drug-likeness (QED) is 0.609. The Balaban J connectivity index is 2.29. The van der Waals surface area contributed by atoms with Gasteiger partial charge in [-0.2, -0.15) is 0 Å². The molecule has 0 amide bonds. The van der Waals surface area contributed by atoms with E-state index in [1.807, 2.05) is 13.8 Å². The number of halogens is 2. The van der Waals surface area contributed by atoms with Gasteiger partial charge in [0.2, 0.25) is 0 Å². The fourth-order valence-corrected chi connectivity index (χ4v) is 2.98. The summed E-state index contributed by atoms with van der Waals surface area (Å²) >= 11 is 4.49. The van der Waals surface area contributed by atoms with Gasteiger partial charge in [-0.25, -0.2) is 9.37 Å². The number of anilines is 1. The third kappa shape index (κ3) is 3.56. The first kappa shape index (κ1) is 15.8. The maximum Gasteiger partial charge on any atom is 0.293 e. The molecule has 1 heterocycles. The Morgan fingerprint density at radius 3 is 2.86 bits per heavy atom. The fourth-order valence-electron chi connectivity index (χ4n) is 1.78. The van der Waals surface area contributed by atoms with Gasteiger partial charge in [0.1, 0.15) is 16.5 Å². The van der Waals surface area contributed by atoms with Crippen LogP contribution in [0.4, 0.5) is 15.8 Å². The zero-order valence-corrected chi connectivity index (χ0v) is 13.8. The minimum Gasteiger partial charge on any atom is -0.370 e. The fraction of sp³-hybridized carbons (Fsp3) is 0.308. The van der Waals surface area contributed by atoms with E-state index in [0.29, 0.717) is 0 Å². The number of benzene rings is 1. The summed E-state index contributed by atoms with van der Waals surface area (Å²) < 4.78 is 13.7. The van der Waals surface area contributed by atoms with E-state index in [1.165, 1.54) is 11.3 Å². The van der Waals surface area contributed by atoms with Gasteiger partial charge in [-0.15, -0.1) is 11.3 Å². The number of hydrogen-bond acceptors (Lipinski definition) is 5. The number of nitrogens with one attached hydrogen (secondary N) is 1. The van der Waals surface area contributed by atoms with E-state index in [0.717, 1.165) is 28.4 Å². The summed E-state index contributed by atoms with van der Waals surface area (Å²) in [5.41, 5.74) is -0.0381. The molecule has 1 aromatic carbocycles. The van der Waals surface area contributed by atoms with E-state index in [4.69, 9.17) is 0 Å². The van der Waals surface area contributed by atoms with E-state index >= 15 is 0 Å². The van der Waals surface area contributed by atoms with Crippen molar-refractivity contribution in [2.24, 2.45) is 0 Å². The smallest absolute Gasteiger partial charge is 0.293 e. The lowest BCUT2D eigenvalue weighted by Crippen LogP contribution is -2.08. The van der Waals surface area contributed by atoms with Crippen molar-refractivity contribution in [3.63, 3.8) is 0 Å². The molecule has 0 saturated carbocycles. The van der Waals surface area contributed by atoms with Gasteiger partial charge in [0.05, 0.1) is 15.4 Å². The van der Waals surface area contributed by atoms with Crippen molar-refractivity contribution in [1.82, 2.24) is 4.98 Å². The molecule has 1 atom stereocenters. The zero-order chi connectivity index (χ0) is 15.6. The average Bonchev–Trinajstić information content (AvgIpc) is 2.91. The lowest BCUT2D eigenvalue weighted by Gasteiger charge is -2.13. The van der Waals surface area contributed by atoms with Crippen LogP contribution in [0, 0.1) is 15.9 Å². The molecule has 0 aliphatic rings. The summed E-state index contributed by atoms with van der Waals surface area (Å²) in [5, 5.41) is 14.8. The summed E-state index contributed by atoms with van der Waals surface area (Å²) in [5.74, 6) is -0.552. The van der Waals surface area contributed by atoms with Crippen LogP contribution in [0.3, 0.4) is 0 Å². The highest BCUT2D eigenvalue weighted by atomic mass is 79.9. The van der Waals surface area contributed by atoms with Gasteiger partial charge in [-0.3, -0.25) is 10.1 Å². The van der Waals surface area contributed by atoms with Gasteiger partial charge >= 0.3 is 0 Å². The molecule has 5 nitrogen and oxygen atoms in total. The number of aromatic nitrogens is 1. The van der Waals surface area contributed by atoms with Gasteiger partial charge in [0.15, 0.2) is 0 Å². The number of thiazole rings is 1. The van der Waals surface area contributed by atoms with Crippen molar-refractivity contribution in [3.05, 3.63) is 48.6 Å². The summed E-state index contributed by atoms with van der Waals surface area (Å²) in [4.78, 5) is 15.9. The first-order valence-corrected chi connectivity index (χ1v) is 7.88. The molecule has 0 bridgehead atoms. The number of nitrogens with zero attached hydrogens (tertiary/aromatic N) is 2. The van der Waals surface area contributed by atoms with Gasteiger partial charge in [-0.05, 0) is 29.3 Å². The van der Waals surface area contributed by atoms with E-state index in [2.05, 4.69) is 26.2 Å². The van der Waals surface area contributed by atoms with Crippen LogP contribution in [0.5, 0.6) is 0 Å². The molecule has 0 fully saturated rings.